The Balaban J connectivity index is 1.97. The number of aryl methyl sites for hydroxylation is 1. The summed E-state index contributed by atoms with van der Waals surface area (Å²) in [7, 11) is 1.59. The van der Waals surface area contributed by atoms with Crippen LogP contribution in [0.5, 0.6) is 5.75 Å². The minimum Gasteiger partial charge on any atom is -0.496 e. The maximum Gasteiger partial charge on any atom is 0.307 e. The van der Waals surface area contributed by atoms with Crippen molar-refractivity contribution < 1.29 is 19.4 Å². The standard InChI is InChI=1S/C23H26N4O4/c1-4-26(22(28)13-27-15-24-14-25-27)12-18-9-16(2)5-7-19(18)20-10-17(11-23(29)30)6-8-21(20)31-3/h5-10,14-15H,4,11-13H2,1-3H3,(H,29,30). The molecule has 8 nitrogen and oxygen atoms in total. The van der Waals surface area contributed by atoms with Crippen LogP contribution in [0.3, 0.4) is 0 Å². The number of methoxy groups -OCH3 is 1. The summed E-state index contributed by atoms with van der Waals surface area (Å²) in [6, 6.07) is 11.4. The molecule has 0 unspecified atom stereocenters. The number of carboxylic acids is 1. The molecule has 1 N–H and O–H groups in total. The fraction of sp³-hybridized carbons (Fsp3) is 0.304. The van der Waals surface area contributed by atoms with Crippen molar-refractivity contribution in [2.75, 3.05) is 13.7 Å². The summed E-state index contributed by atoms with van der Waals surface area (Å²) in [5.74, 6) is -0.306. The lowest BCUT2D eigenvalue weighted by Gasteiger charge is -2.23. The van der Waals surface area contributed by atoms with Gasteiger partial charge in [0.2, 0.25) is 5.91 Å². The van der Waals surface area contributed by atoms with E-state index >= 15 is 0 Å². The molecule has 0 aliphatic heterocycles. The Bertz CT molecular complexity index is 1060. The topological polar surface area (TPSA) is 97.6 Å². The summed E-state index contributed by atoms with van der Waals surface area (Å²) in [6.45, 7) is 5.00. The molecule has 8 heteroatoms. The van der Waals surface area contributed by atoms with Crippen molar-refractivity contribution in [1.82, 2.24) is 19.7 Å². The lowest BCUT2D eigenvalue weighted by Crippen LogP contribution is -2.33. The third kappa shape index (κ3) is 5.48. The maximum atomic E-state index is 12.8. The van der Waals surface area contributed by atoms with E-state index in [-0.39, 0.29) is 18.9 Å². The normalized spacial score (nSPS) is 10.7. The molecular formula is C23H26N4O4. The number of ether oxygens (including phenoxy) is 1. The van der Waals surface area contributed by atoms with E-state index < -0.39 is 5.97 Å². The number of nitrogens with zero attached hydrogens (tertiary/aromatic N) is 4. The molecular weight excluding hydrogens is 396 g/mol. The van der Waals surface area contributed by atoms with Crippen LogP contribution in [0.4, 0.5) is 0 Å². The molecule has 0 atom stereocenters. The van der Waals surface area contributed by atoms with Crippen LogP contribution in [0.1, 0.15) is 23.6 Å². The zero-order valence-electron chi connectivity index (χ0n) is 17.9. The van der Waals surface area contributed by atoms with E-state index in [0.717, 1.165) is 22.3 Å². The van der Waals surface area contributed by atoms with Crippen molar-refractivity contribution in [2.45, 2.75) is 33.4 Å². The van der Waals surface area contributed by atoms with E-state index in [4.69, 9.17) is 4.74 Å². The van der Waals surface area contributed by atoms with Gasteiger partial charge in [-0.1, -0.05) is 29.8 Å². The lowest BCUT2D eigenvalue weighted by molar-refractivity contribution is -0.136. The zero-order valence-corrected chi connectivity index (χ0v) is 17.9. The predicted octanol–water partition coefficient (Wildman–Crippen LogP) is 2.94. The predicted molar refractivity (Wildman–Crippen MR) is 116 cm³/mol. The van der Waals surface area contributed by atoms with Crippen LogP contribution < -0.4 is 4.74 Å². The van der Waals surface area contributed by atoms with Crippen molar-refractivity contribution in [2.24, 2.45) is 0 Å². The number of aromatic nitrogens is 3. The van der Waals surface area contributed by atoms with Crippen LogP contribution in [0.15, 0.2) is 49.1 Å². The number of likely N-dealkylation sites (N-methyl/N-ethyl adjacent to an activating group) is 1. The van der Waals surface area contributed by atoms with Gasteiger partial charge in [-0.15, -0.1) is 0 Å². The van der Waals surface area contributed by atoms with Crippen molar-refractivity contribution in [1.29, 1.82) is 0 Å². The Hall–Kier alpha value is -3.68. The van der Waals surface area contributed by atoms with E-state index in [9.17, 15) is 14.7 Å². The van der Waals surface area contributed by atoms with Gasteiger partial charge >= 0.3 is 5.97 Å². The first kappa shape index (κ1) is 22.0. The van der Waals surface area contributed by atoms with Crippen LogP contribution in [-0.4, -0.2) is 50.3 Å². The Morgan fingerprint density at radius 3 is 2.61 bits per heavy atom. The summed E-state index contributed by atoms with van der Waals surface area (Å²) < 4.78 is 7.05. The average molecular weight is 422 g/mol. The van der Waals surface area contributed by atoms with Crippen molar-refractivity contribution in [3.63, 3.8) is 0 Å². The fourth-order valence-electron chi connectivity index (χ4n) is 3.50. The summed E-state index contributed by atoms with van der Waals surface area (Å²) in [6.07, 6.45) is 2.84. The summed E-state index contributed by atoms with van der Waals surface area (Å²) in [4.78, 5) is 29.7. The third-order valence-electron chi connectivity index (χ3n) is 5.03. The first-order chi connectivity index (χ1) is 14.9. The molecule has 0 spiro atoms. The molecule has 1 heterocycles. The van der Waals surface area contributed by atoms with E-state index in [1.165, 1.54) is 17.3 Å². The van der Waals surface area contributed by atoms with E-state index in [0.29, 0.717) is 24.4 Å². The minimum atomic E-state index is -0.892. The van der Waals surface area contributed by atoms with Crippen molar-refractivity contribution in [3.8, 4) is 16.9 Å². The molecule has 0 saturated carbocycles. The van der Waals surface area contributed by atoms with Crippen LogP contribution in [-0.2, 0) is 29.1 Å². The summed E-state index contributed by atoms with van der Waals surface area (Å²) in [5, 5.41) is 13.2. The number of aliphatic carboxylic acids is 1. The molecule has 0 fully saturated rings. The number of carboxylic acid groups (broad SMARTS) is 1. The lowest BCUT2D eigenvalue weighted by atomic mass is 9.94. The van der Waals surface area contributed by atoms with Crippen LogP contribution in [0.2, 0.25) is 0 Å². The van der Waals surface area contributed by atoms with Crippen LogP contribution in [0.25, 0.3) is 11.1 Å². The van der Waals surface area contributed by atoms with E-state index in [1.807, 2.05) is 38.1 Å². The van der Waals surface area contributed by atoms with Gasteiger partial charge in [0.05, 0.1) is 13.5 Å². The number of amides is 1. The highest BCUT2D eigenvalue weighted by molar-refractivity contribution is 5.79. The first-order valence-electron chi connectivity index (χ1n) is 10.00. The molecule has 0 saturated heterocycles. The molecule has 31 heavy (non-hydrogen) atoms. The van der Waals surface area contributed by atoms with E-state index in [2.05, 4.69) is 10.1 Å². The minimum absolute atomic E-state index is 0.0629. The number of carbonyl (C=O) groups excluding carboxylic acids is 1. The van der Waals surface area contributed by atoms with Crippen LogP contribution >= 0.6 is 0 Å². The molecule has 0 aliphatic carbocycles. The monoisotopic (exact) mass is 422 g/mol. The van der Waals surface area contributed by atoms with Crippen molar-refractivity contribution in [3.05, 3.63) is 65.7 Å². The molecule has 0 bridgehead atoms. The molecule has 0 aliphatic rings. The molecule has 1 amide bonds. The Labute approximate surface area is 181 Å². The highest BCUT2D eigenvalue weighted by Crippen LogP contribution is 2.34. The van der Waals surface area contributed by atoms with Gasteiger partial charge in [0.1, 0.15) is 24.9 Å². The summed E-state index contributed by atoms with van der Waals surface area (Å²) in [5.41, 5.74) is 4.42. The van der Waals surface area contributed by atoms with Gasteiger partial charge in [0, 0.05) is 18.7 Å². The Morgan fingerprint density at radius 1 is 1.16 bits per heavy atom. The molecule has 0 radical (unpaired) electrons. The highest BCUT2D eigenvalue weighted by Gasteiger charge is 2.18. The number of carbonyl (C=O) groups is 2. The second-order valence-electron chi connectivity index (χ2n) is 7.27. The number of hydrogen-bond donors (Lipinski definition) is 1. The average Bonchev–Trinajstić information content (AvgIpc) is 3.24. The molecule has 3 aromatic rings. The first-order valence-corrected chi connectivity index (χ1v) is 10.00. The molecule has 1 aromatic heterocycles. The van der Waals surface area contributed by atoms with Gasteiger partial charge in [-0.05, 0) is 42.7 Å². The van der Waals surface area contributed by atoms with Gasteiger partial charge in [0.15, 0.2) is 0 Å². The fourth-order valence-corrected chi connectivity index (χ4v) is 3.50. The SMILES string of the molecule is CCN(Cc1cc(C)ccc1-c1cc(CC(=O)O)ccc1OC)C(=O)Cn1cncn1. The van der Waals surface area contributed by atoms with Gasteiger partial charge in [-0.25, -0.2) is 9.67 Å². The number of benzene rings is 2. The zero-order chi connectivity index (χ0) is 22.4. The number of rotatable bonds is 9. The second-order valence-corrected chi connectivity index (χ2v) is 7.27. The quantitative estimate of drug-likeness (QED) is 0.569. The maximum absolute atomic E-state index is 12.8. The highest BCUT2D eigenvalue weighted by atomic mass is 16.5. The largest absolute Gasteiger partial charge is 0.496 e. The molecule has 2 aromatic carbocycles. The van der Waals surface area contributed by atoms with Gasteiger partial charge in [-0.3, -0.25) is 9.59 Å². The molecule has 162 valence electrons. The smallest absolute Gasteiger partial charge is 0.307 e. The molecule has 3 rings (SSSR count). The van der Waals surface area contributed by atoms with Gasteiger partial charge in [0.25, 0.3) is 0 Å². The van der Waals surface area contributed by atoms with E-state index in [1.54, 1.807) is 24.1 Å². The third-order valence-corrected chi connectivity index (χ3v) is 5.03. The van der Waals surface area contributed by atoms with Gasteiger partial charge in [-0.2, -0.15) is 5.10 Å². The Kier molecular flexibility index (Phi) is 7.02. The van der Waals surface area contributed by atoms with Crippen LogP contribution in [0, 0.1) is 6.92 Å². The number of hydrogen-bond acceptors (Lipinski definition) is 5. The summed E-state index contributed by atoms with van der Waals surface area (Å²) >= 11 is 0. The van der Waals surface area contributed by atoms with Gasteiger partial charge < -0.3 is 14.7 Å². The Morgan fingerprint density at radius 2 is 1.97 bits per heavy atom. The second kappa shape index (κ2) is 9.88. The van der Waals surface area contributed by atoms with Crippen molar-refractivity contribution >= 4 is 11.9 Å².